The molecule has 7 nitrogen and oxygen atoms in total. The van der Waals surface area contributed by atoms with Crippen molar-refractivity contribution in [3.05, 3.63) is 131 Å². The third-order valence-electron chi connectivity index (χ3n) is 9.62. The number of fused-ring (bicyclic) bond motifs is 1. The average Bonchev–Trinajstić information content (AvgIpc) is 3.13. The normalized spacial score (nSPS) is 12.9. The highest BCUT2D eigenvalue weighted by molar-refractivity contribution is 5.95. The number of rotatable bonds is 16. The van der Waals surface area contributed by atoms with Crippen LogP contribution in [0.4, 0.5) is 8.78 Å². The molecule has 264 valence electrons. The van der Waals surface area contributed by atoms with Crippen molar-refractivity contribution in [3.63, 3.8) is 0 Å². The highest BCUT2D eigenvalue weighted by Gasteiger charge is 2.35. The van der Waals surface area contributed by atoms with Crippen molar-refractivity contribution >= 4 is 28.5 Å². The number of hydrogen-bond donors (Lipinski definition) is 2. The van der Waals surface area contributed by atoms with Crippen LogP contribution in [-0.4, -0.2) is 65.8 Å². The van der Waals surface area contributed by atoms with E-state index in [0.717, 1.165) is 46.9 Å². The first-order valence-electron chi connectivity index (χ1n) is 17.2. The zero-order chi connectivity index (χ0) is 36.3. The molecule has 0 unspecified atom stereocenters. The molecule has 50 heavy (non-hydrogen) atoms. The van der Waals surface area contributed by atoms with Crippen LogP contribution in [0.15, 0.2) is 103 Å². The van der Waals surface area contributed by atoms with Gasteiger partial charge in [0.15, 0.2) is 11.6 Å². The van der Waals surface area contributed by atoms with Crippen LogP contribution in [0.5, 0.6) is 0 Å². The molecule has 0 heterocycles. The van der Waals surface area contributed by atoms with E-state index < -0.39 is 41.1 Å². The third kappa shape index (κ3) is 10.1. The number of nitrogens with two attached hydrogens (primary N) is 1. The van der Waals surface area contributed by atoms with Gasteiger partial charge in [-0.2, -0.15) is 0 Å². The molecule has 0 saturated heterocycles. The Labute approximate surface area is 294 Å². The Kier molecular flexibility index (Phi) is 13.4. The van der Waals surface area contributed by atoms with Gasteiger partial charge >= 0.3 is 0 Å². The van der Waals surface area contributed by atoms with E-state index in [1.807, 2.05) is 86.6 Å². The number of halogens is 2. The molecular weight excluding hydrogens is 634 g/mol. The summed E-state index contributed by atoms with van der Waals surface area (Å²) in [4.78, 5) is 44.6. The Hall–Kier alpha value is -4.89. The molecule has 0 aliphatic carbocycles. The van der Waals surface area contributed by atoms with E-state index in [9.17, 15) is 23.2 Å². The van der Waals surface area contributed by atoms with Crippen LogP contribution in [0.25, 0.3) is 10.8 Å². The van der Waals surface area contributed by atoms with Gasteiger partial charge in [0.1, 0.15) is 12.1 Å². The SMILES string of the molecule is CCC(N)(CC)C/C=C/C(=O)N(C)[C@H](Cc1ccc2ccccc2c1)C(=O)N(C)[C@H](Cc1ccc(F)c(F)c1)C(=O)NCCc1ccccc1. The third-order valence-corrected chi connectivity index (χ3v) is 9.62. The summed E-state index contributed by atoms with van der Waals surface area (Å²) in [5.41, 5.74) is 8.23. The minimum atomic E-state index is -1.08. The highest BCUT2D eigenvalue weighted by atomic mass is 19.2. The Balaban J connectivity index is 1.64. The van der Waals surface area contributed by atoms with E-state index in [-0.39, 0.29) is 18.7 Å². The fourth-order valence-corrected chi connectivity index (χ4v) is 5.96. The maximum Gasteiger partial charge on any atom is 0.246 e. The largest absolute Gasteiger partial charge is 0.354 e. The molecule has 0 radical (unpaired) electrons. The summed E-state index contributed by atoms with van der Waals surface area (Å²) in [7, 11) is 3.08. The first-order chi connectivity index (χ1) is 23.9. The quantitative estimate of drug-likeness (QED) is 0.134. The molecule has 9 heteroatoms. The number of likely N-dealkylation sites (N-methyl/N-ethyl adjacent to an activating group) is 2. The van der Waals surface area contributed by atoms with E-state index >= 15 is 0 Å². The van der Waals surface area contributed by atoms with E-state index in [4.69, 9.17) is 5.73 Å². The van der Waals surface area contributed by atoms with Crippen LogP contribution in [0, 0.1) is 11.6 Å². The second-order valence-electron chi connectivity index (χ2n) is 13.0. The fraction of sp³-hybridized carbons (Fsp3) is 0.341. The molecular formula is C41H48F2N4O3. The predicted octanol–water partition coefficient (Wildman–Crippen LogP) is 6.38. The smallest absolute Gasteiger partial charge is 0.246 e. The molecule has 4 aromatic rings. The van der Waals surface area contributed by atoms with Gasteiger partial charge in [0.25, 0.3) is 0 Å². The zero-order valence-electron chi connectivity index (χ0n) is 29.4. The molecule has 4 aromatic carbocycles. The maximum absolute atomic E-state index is 14.5. The number of carbonyl (C=O) groups is 3. The van der Waals surface area contributed by atoms with Crippen LogP contribution in [-0.2, 0) is 33.6 Å². The van der Waals surface area contributed by atoms with E-state index in [1.54, 1.807) is 13.1 Å². The number of hydrogen-bond acceptors (Lipinski definition) is 4. The average molecular weight is 683 g/mol. The standard InChI is InChI=1S/C41H48F2N4O3/c1-5-41(44,6-2)23-12-17-38(48)46(3)37(28-30-18-20-32-15-10-11-16-33(32)25-30)40(50)47(4)36(27-31-19-21-34(42)35(43)26-31)39(49)45-24-22-29-13-8-7-9-14-29/h7-21,25-26,36-37H,5-6,22-24,27-28,44H2,1-4H3,(H,45,49)/b17-12+/t36-,37-/m1/s1. The number of nitrogens with zero attached hydrogens (tertiary/aromatic N) is 2. The monoisotopic (exact) mass is 682 g/mol. The molecule has 0 saturated carbocycles. The maximum atomic E-state index is 14.5. The fourth-order valence-electron chi connectivity index (χ4n) is 5.96. The van der Waals surface area contributed by atoms with Crippen LogP contribution >= 0.6 is 0 Å². The lowest BCUT2D eigenvalue weighted by Gasteiger charge is -2.34. The summed E-state index contributed by atoms with van der Waals surface area (Å²) in [5, 5.41) is 4.96. The van der Waals surface area contributed by atoms with Crippen molar-refractivity contribution in [2.24, 2.45) is 5.73 Å². The number of nitrogens with one attached hydrogen (secondary N) is 1. The second-order valence-corrected chi connectivity index (χ2v) is 13.0. The van der Waals surface area contributed by atoms with Gasteiger partial charge in [0, 0.05) is 39.0 Å². The molecule has 4 rings (SSSR count). The Bertz CT molecular complexity index is 1790. The van der Waals surface area contributed by atoms with Crippen molar-refractivity contribution < 1.29 is 23.2 Å². The minimum absolute atomic E-state index is 0.0660. The number of amides is 3. The van der Waals surface area contributed by atoms with Gasteiger partial charge in [-0.3, -0.25) is 14.4 Å². The molecule has 3 amide bonds. The molecule has 2 atom stereocenters. The highest BCUT2D eigenvalue weighted by Crippen LogP contribution is 2.21. The molecule has 0 fully saturated rings. The second kappa shape index (κ2) is 17.7. The van der Waals surface area contributed by atoms with E-state index in [1.165, 1.54) is 29.0 Å². The summed E-state index contributed by atoms with van der Waals surface area (Å²) in [5.74, 6) is -3.34. The van der Waals surface area contributed by atoms with Gasteiger partial charge in [-0.05, 0) is 71.4 Å². The van der Waals surface area contributed by atoms with Crippen molar-refractivity contribution in [1.82, 2.24) is 15.1 Å². The number of benzene rings is 4. The molecule has 0 aliphatic heterocycles. The molecule has 0 spiro atoms. The van der Waals surface area contributed by atoms with Gasteiger partial charge < -0.3 is 20.9 Å². The van der Waals surface area contributed by atoms with Gasteiger partial charge in [0.2, 0.25) is 17.7 Å². The van der Waals surface area contributed by atoms with Crippen LogP contribution in [0.1, 0.15) is 49.8 Å². The summed E-state index contributed by atoms with van der Waals surface area (Å²) in [6.45, 7) is 4.32. The van der Waals surface area contributed by atoms with Gasteiger partial charge in [-0.25, -0.2) is 8.78 Å². The van der Waals surface area contributed by atoms with Crippen LogP contribution in [0.2, 0.25) is 0 Å². The van der Waals surface area contributed by atoms with Crippen LogP contribution in [0.3, 0.4) is 0 Å². The van der Waals surface area contributed by atoms with Crippen molar-refractivity contribution in [3.8, 4) is 0 Å². The first kappa shape index (κ1) is 37.9. The predicted molar refractivity (Wildman–Crippen MR) is 195 cm³/mol. The summed E-state index contributed by atoms with van der Waals surface area (Å²) in [6.07, 6.45) is 5.88. The lowest BCUT2D eigenvalue weighted by Crippen LogP contribution is -2.56. The zero-order valence-corrected chi connectivity index (χ0v) is 29.4. The Morgan fingerprint density at radius 1 is 0.760 bits per heavy atom. The van der Waals surface area contributed by atoms with E-state index in [2.05, 4.69) is 5.32 Å². The van der Waals surface area contributed by atoms with Crippen molar-refractivity contribution in [2.75, 3.05) is 20.6 Å². The molecule has 0 bridgehead atoms. The molecule has 0 aromatic heterocycles. The van der Waals surface area contributed by atoms with Gasteiger partial charge in [-0.1, -0.05) is 98.8 Å². The summed E-state index contributed by atoms with van der Waals surface area (Å²) in [6, 6.07) is 24.8. The lowest BCUT2D eigenvalue weighted by atomic mass is 9.90. The van der Waals surface area contributed by atoms with E-state index in [0.29, 0.717) is 24.9 Å². The lowest BCUT2D eigenvalue weighted by molar-refractivity contribution is -0.146. The summed E-state index contributed by atoms with van der Waals surface area (Å²) >= 11 is 0. The van der Waals surface area contributed by atoms with Crippen LogP contribution < -0.4 is 11.1 Å². The van der Waals surface area contributed by atoms with Gasteiger partial charge in [0.05, 0.1) is 0 Å². The van der Waals surface area contributed by atoms with Crippen molar-refractivity contribution in [2.45, 2.75) is 70.0 Å². The van der Waals surface area contributed by atoms with Crippen molar-refractivity contribution in [1.29, 1.82) is 0 Å². The number of carbonyl (C=O) groups excluding carboxylic acids is 3. The topological polar surface area (TPSA) is 95.7 Å². The van der Waals surface area contributed by atoms with Gasteiger partial charge in [-0.15, -0.1) is 0 Å². The Morgan fingerprint density at radius 3 is 2.06 bits per heavy atom. The molecule has 3 N–H and O–H groups in total. The first-order valence-corrected chi connectivity index (χ1v) is 17.2. The molecule has 0 aliphatic rings. The Morgan fingerprint density at radius 2 is 1.38 bits per heavy atom. The summed E-state index contributed by atoms with van der Waals surface area (Å²) < 4.78 is 28.1. The minimum Gasteiger partial charge on any atom is -0.354 e.